The van der Waals surface area contributed by atoms with Gasteiger partial charge in [0, 0.05) is 19.1 Å². The molecular formula is C12H20N2O3. The monoisotopic (exact) mass is 240 g/mol. The van der Waals surface area contributed by atoms with Crippen LogP contribution in [-0.4, -0.2) is 43.2 Å². The van der Waals surface area contributed by atoms with Crippen LogP contribution in [0.4, 0.5) is 0 Å². The highest BCUT2D eigenvalue weighted by Gasteiger charge is 2.33. The van der Waals surface area contributed by atoms with Gasteiger partial charge >= 0.3 is 0 Å². The minimum Gasteiger partial charge on any atom is -0.494 e. The summed E-state index contributed by atoms with van der Waals surface area (Å²) in [4.78, 5) is 14.1. The lowest BCUT2D eigenvalue weighted by Crippen LogP contribution is -2.52. The molecule has 0 radical (unpaired) electrons. The van der Waals surface area contributed by atoms with E-state index in [0.29, 0.717) is 31.4 Å². The Bertz CT molecular complexity index is 317. The second-order valence-electron chi connectivity index (χ2n) is 4.62. The summed E-state index contributed by atoms with van der Waals surface area (Å²) in [6, 6.07) is 0.114. The minimum atomic E-state index is -0.0910. The number of likely N-dealkylation sites (tertiary alicyclic amines) is 1. The van der Waals surface area contributed by atoms with Crippen molar-refractivity contribution in [2.24, 2.45) is 11.7 Å². The van der Waals surface area contributed by atoms with Gasteiger partial charge in [0.15, 0.2) is 0 Å². The van der Waals surface area contributed by atoms with Gasteiger partial charge in [-0.05, 0) is 18.8 Å². The quantitative estimate of drug-likeness (QED) is 0.761. The maximum atomic E-state index is 12.3. The average Bonchev–Trinajstić information content (AvgIpc) is 2.38. The molecule has 1 fully saturated rings. The molecule has 0 aliphatic carbocycles. The van der Waals surface area contributed by atoms with Gasteiger partial charge < -0.3 is 20.1 Å². The maximum Gasteiger partial charge on any atom is 0.292 e. The number of carbonyl (C=O) groups excluding carboxylic acids is 1. The molecule has 0 aromatic rings. The molecule has 2 aliphatic heterocycles. The minimum absolute atomic E-state index is 0.0910. The van der Waals surface area contributed by atoms with Crippen LogP contribution < -0.4 is 5.73 Å². The van der Waals surface area contributed by atoms with E-state index in [-0.39, 0.29) is 11.9 Å². The van der Waals surface area contributed by atoms with Crippen molar-refractivity contribution in [1.29, 1.82) is 0 Å². The standard InChI is InChI=1S/C12H20N2O3/c1-9-3-2-4-14(10(9)7-13)12(15)11-8-16-5-6-17-11/h8-10H,2-7,13H2,1H3. The topological polar surface area (TPSA) is 64.8 Å². The molecule has 0 aromatic heterocycles. The predicted molar refractivity (Wildman–Crippen MR) is 62.9 cm³/mol. The van der Waals surface area contributed by atoms with Crippen LogP contribution in [0, 0.1) is 5.92 Å². The molecule has 2 atom stereocenters. The van der Waals surface area contributed by atoms with Crippen LogP contribution in [0.1, 0.15) is 19.8 Å². The summed E-state index contributed by atoms with van der Waals surface area (Å²) < 4.78 is 10.4. The predicted octanol–water partition coefficient (Wildman–Crippen LogP) is 0.460. The molecule has 1 amide bonds. The van der Waals surface area contributed by atoms with Gasteiger partial charge in [-0.1, -0.05) is 6.92 Å². The summed E-state index contributed by atoms with van der Waals surface area (Å²) in [5.74, 6) is 0.665. The third-order valence-corrected chi connectivity index (χ3v) is 3.48. The van der Waals surface area contributed by atoms with Crippen molar-refractivity contribution in [3.05, 3.63) is 12.0 Å². The Morgan fingerprint density at radius 3 is 3.06 bits per heavy atom. The largest absolute Gasteiger partial charge is 0.494 e. The molecule has 0 aromatic carbocycles. The molecule has 2 heterocycles. The Morgan fingerprint density at radius 2 is 2.41 bits per heavy atom. The van der Waals surface area contributed by atoms with Crippen molar-refractivity contribution < 1.29 is 14.3 Å². The van der Waals surface area contributed by atoms with Crippen LogP contribution in [0.25, 0.3) is 0 Å². The summed E-state index contributed by atoms with van der Waals surface area (Å²) in [6.45, 7) is 4.35. The van der Waals surface area contributed by atoms with Crippen LogP contribution in [0.2, 0.25) is 0 Å². The van der Waals surface area contributed by atoms with E-state index in [2.05, 4.69) is 6.92 Å². The SMILES string of the molecule is CC1CCCN(C(=O)C2=COCCO2)C1CN. The highest BCUT2D eigenvalue weighted by molar-refractivity contribution is 5.91. The molecule has 5 nitrogen and oxygen atoms in total. The molecule has 2 unspecified atom stereocenters. The lowest BCUT2D eigenvalue weighted by molar-refractivity contribution is -0.137. The van der Waals surface area contributed by atoms with Gasteiger partial charge in [-0.3, -0.25) is 4.79 Å². The number of piperidine rings is 1. The molecule has 0 spiro atoms. The number of nitrogens with zero attached hydrogens (tertiary/aromatic N) is 1. The summed E-state index contributed by atoms with van der Waals surface area (Å²) in [5, 5.41) is 0. The van der Waals surface area contributed by atoms with E-state index < -0.39 is 0 Å². The van der Waals surface area contributed by atoms with Crippen LogP contribution in [-0.2, 0) is 14.3 Å². The van der Waals surface area contributed by atoms with Gasteiger partial charge in [-0.2, -0.15) is 0 Å². The Balaban J connectivity index is 2.08. The smallest absolute Gasteiger partial charge is 0.292 e. The van der Waals surface area contributed by atoms with E-state index in [1.807, 2.05) is 4.90 Å². The number of carbonyl (C=O) groups is 1. The second kappa shape index (κ2) is 5.40. The fourth-order valence-corrected chi connectivity index (χ4v) is 2.48. The molecule has 17 heavy (non-hydrogen) atoms. The molecule has 2 N–H and O–H groups in total. The normalized spacial score (nSPS) is 29.1. The first kappa shape index (κ1) is 12.2. The molecule has 2 rings (SSSR count). The summed E-state index contributed by atoms with van der Waals surface area (Å²) >= 11 is 0. The Kier molecular flexibility index (Phi) is 3.89. The van der Waals surface area contributed by atoms with Crippen LogP contribution >= 0.6 is 0 Å². The molecule has 96 valence electrons. The highest BCUT2D eigenvalue weighted by Crippen LogP contribution is 2.24. The first-order valence-corrected chi connectivity index (χ1v) is 6.19. The molecule has 0 bridgehead atoms. The third kappa shape index (κ3) is 2.54. The summed E-state index contributed by atoms with van der Waals surface area (Å²) in [7, 11) is 0. The zero-order chi connectivity index (χ0) is 12.3. The van der Waals surface area contributed by atoms with Crippen molar-refractivity contribution in [3.63, 3.8) is 0 Å². The van der Waals surface area contributed by atoms with Gasteiger partial charge in [-0.15, -0.1) is 0 Å². The number of amides is 1. The number of hydrogen-bond acceptors (Lipinski definition) is 4. The zero-order valence-corrected chi connectivity index (χ0v) is 10.2. The van der Waals surface area contributed by atoms with Crippen molar-refractivity contribution in [3.8, 4) is 0 Å². The van der Waals surface area contributed by atoms with Crippen molar-refractivity contribution in [1.82, 2.24) is 4.90 Å². The van der Waals surface area contributed by atoms with Gasteiger partial charge in [0.1, 0.15) is 19.5 Å². The maximum absolute atomic E-state index is 12.3. The first-order chi connectivity index (χ1) is 8.24. The first-order valence-electron chi connectivity index (χ1n) is 6.19. The number of rotatable bonds is 2. The fraction of sp³-hybridized carbons (Fsp3) is 0.750. The van der Waals surface area contributed by atoms with Crippen molar-refractivity contribution in [2.75, 3.05) is 26.3 Å². The molecule has 1 saturated heterocycles. The van der Waals surface area contributed by atoms with E-state index in [0.717, 1.165) is 19.4 Å². The van der Waals surface area contributed by atoms with E-state index >= 15 is 0 Å². The zero-order valence-electron chi connectivity index (χ0n) is 10.2. The van der Waals surface area contributed by atoms with Crippen molar-refractivity contribution >= 4 is 5.91 Å². The summed E-state index contributed by atoms with van der Waals surface area (Å²) in [6.07, 6.45) is 3.57. The lowest BCUT2D eigenvalue weighted by atomic mass is 9.90. The summed E-state index contributed by atoms with van der Waals surface area (Å²) in [5.41, 5.74) is 5.77. The lowest BCUT2D eigenvalue weighted by Gasteiger charge is -2.39. The Morgan fingerprint density at radius 1 is 1.59 bits per heavy atom. The van der Waals surface area contributed by atoms with Gasteiger partial charge in [-0.25, -0.2) is 0 Å². The molecule has 2 aliphatic rings. The Labute approximate surface area is 102 Å². The number of nitrogens with two attached hydrogens (primary N) is 1. The van der Waals surface area contributed by atoms with E-state index in [4.69, 9.17) is 15.2 Å². The van der Waals surface area contributed by atoms with Gasteiger partial charge in [0.05, 0.1) is 0 Å². The van der Waals surface area contributed by atoms with Gasteiger partial charge in [0.2, 0.25) is 5.76 Å². The highest BCUT2D eigenvalue weighted by atomic mass is 16.6. The third-order valence-electron chi connectivity index (χ3n) is 3.48. The second-order valence-corrected chi connectivity index (χ2v) is 4.62. The number of ether oxygens (including phenoxy) is 2. The van der Waals surface area contributed by atoms with Crippen LogP contribution in [0.3, 0.4) is 0 Å². The fourth-order valence-electron chi connectivity index (χ4n) is 2.48. The van der Waals surface area contributed by atoms with Gasteiger partial charge in [0.25, 0.3) is 5.91 Å². The van der Waals surface area contributed by atoms with E-state index in [9.17, 15) is 4.79 Å². The van der Waals surface area contributed by atoms with Crippen molar-refractivity contribution in [2.45, 2.75) is 25.8 Å². The van der Waals surface area contributed by atoms with Crippen LogP contribution in [0.5, 0.6) is 0 Å². The molecule has 5 heteroatoms. The van der Waals surface area contributed by atoms with E-state index in [1.165, 1.54) is 6.26 Å². The van der Waals surface area contributed by atoms with Crippen LogP contribution in [0.15, 0.2) is 12.0 Å². The van der Waals surface area contributed by atoms with E-state index in [1.54, 1.807) is 0 Å². The molecular weight excluding hydrogens is 220 g/mol. The number of hydrogen-bond donors (Lipinski definition) is 1. The molecule has 0 saturated carbocycles. The Hall–Kier alpha value is -1.23. The average molecular weight is 240 g/mol.